The summed E-state index contributed by atoms with van der Waals surface area (Å²) in [5.74, 6) is -10.2. The molecule has 6 aliphatic heterocycles. The van der Waals surface area contributed by atoms with Gasteiger partial charge in [-0.3, -0.25) is 0 Å². The average molecular weight is 1120 g/mol. The number of aliphatic hydroxyl groups excluding tert-OH is 14. The van der Waals surface area contributed by atoms with Crippen LogP contribution in [-0.2, 0) is 95.1 Å². The van der Waals surface area contributed by atoms with Crippen LogP contribution < -0.4 is 0 Å². The van der Waals surface area contributed by atoms with E-state index in [2.05, 4.69) is 14.2 Å². The minimum Gasteiger partial charge on any atom is -0.479 e. The second-order valence-electron chi connectivity index (χ2n) is 17.5. The maximum absolute atomic E-state index is 12.9. The third-order valence-corrected chi connectivity index (χ3v) is 12.8. The molecule has 17 N–H and O–H groups in total. The number of carboxylic acids is 3. The second kappa shape index (κ2) is 24.9. The number of esters is 3. The zero-order chi connectivity index (χ0) is 56.7. The lowest BCUT2D eigenvalue weighted by molar-refractivity contribution is -0.386. The number of ether oxygens (including phenoxy) is 14. The molecule has 0 spiro atoms. The summed E-state index contributed by atoms with van der Waals surface area (Å²) in [6.07, 6.45) is -71.0. The lowest BCUT2D eigenvalue weighted by atomic mass is 9.95. The molecular formula is C39H56O37. The van der Waals surface area contributed by atoms with Gasteiger partial charge in [-0.1, -0.05) is 0 Å². The molecule has 37 nitrogen and oxygen atoms in total. The number of rotatable bonds is 16. The maximum Gasteiger partial charge on any atom is 0.337 e. The first kappa shape index (κ1) is 61.0. The van der Waals surface area contributed by atoms with Crippen LogP contribution in [0.1, 0.15) is 0 Å². The average Bonchev–Trinajstić information content (AvgIpc) is 3.38. The summed E-state index contributed by atoms with van der Waals surface area (Å²) in [6, 6.07) is 0. The van der Waals surface area contributed by atoms with E-state index in [0.717, 1.165) is 21.3 Å². The molecule has 6 aliphatic rings. The Balaban J connectivity index is 1.14. The van der Waals surface area contributed by atoms with Crippen molar-refractivity contribution in [3.8, 4) is 0 Å². The Bertz CT molecular complexity index is 2050. The zero-order valence-electron chi connectivity index (χ0n) is 39.1. The number of carboxylic acid groups (broad SMARTS) is 3. The maximum atomic E-state index is 12.9. The molecule has 6 saturated heterocycles. The molecule has 0 aromatic heterocycles. The Morgan fingerprint density at radius 3 is 0.789 bits per heavy atom. The van der Waals surface area contributed by atoms with Crippen LogP contribution in [0.15, 0.2) is 0 Å². The van der Waals surface area contributed by atoms with E-state index >= 15 is 0 Å². The highest BCUT2D eigenvalue weighted by Gasteiger charge is 2.61. The quantitative estimate of drug-likeness (QED) is 0.0504. The summed E-state index contributed by atoms with van der Waals surface area (Å²) in [5, 5.41) is 181. The molecular weight excluding hydrogens is 1060 g/mol. The van der Waals surface area contributed by atoms with Gasteiger partial charge in [-0.25, -0.2) is 28.8 Å². The monoisotopic (exact) mass is 1120 g/mol. The van der Waals surface area contributed by atoms with Crippen molar-refractivity contribution in [1.82, 2.24) is 0 Å². The highest BCUT2D eigenvalue weighted by atomic mass is 16.8. The van der Waals surface area contributed by atoms with Crippen molar-refractivity contribution >= 4 is 35.8 Å². The van der Waals surface area contributed by atoms with Crippen LogP contribution >= 0.6 is 0 Å². The summed E-state index contributed by atoms with van der Waals surface area (Å²) in [6.45, 7) is 0. The SMILES string of the molecule is COC(=O)[C@H]1O[C@H](O[C@@H]2[C@H](O)[C@@H](O)[C@@H](O[C@@H]3[C@H](O)[C@@H](O)[C@@H](O[C@@H]4[C@H](O)[C@@H](O)[C@@H](O[C@@H]5[C@H](O)[C@@H](O)[C@@H](O[C@@H]6[C@H](O)[C@@H](O)C(O)O[C@@H]6C(=O)OC)O[C@@H]5C(=O)O)O[C@@H]4C(=O)O)O[C@@H]3C(=O)O)O[C@@H]2C(=O)OC)[C@H](O)[C@@H](O)[C@H]1O. The largest absolute Gasteiger partial charge is 0.479 e. The molecule has 0 radical (unpaired) electrons. The van der Waals surface area contributed by atoms with Crippen molar-refractivity contribution in [1.29, 1.82) is 0 Å². The Morgan fingerprint density at radius 2 is 0.500 bits per heavy atom. The molecule has 0 saturated carbocycles. The Labute approximate surface area is 423 Å². The van der Waals surface area contributed by atoms with Crippen LogP contribution in [0.25, 0.3) is 0 Å². The van der Waals surface area contributed by atoms with Gasteiger partial charge < -0.3 is 153 Å². The number of hydrogen-bond donors (Lipinski definition) is 17. The van der Waals surface area contributed by atoms with Gasteiger partial charge in [-0.2, -0.15) is 0 Å². The van der Waals surface area contributed by atoms with Crippen molar-refractivity contribution in [3.05, 3.63) is 0 Å². The molecule has 0 aliphatic carbocycles. The minimum atomic E-state index is -2.61. The Kier molecular flexibility index (Phi) is 20.0. The third kappa shape index (κ3) is 12.0. The van der Waals surface area contributed by atoms with Crippen LogP contribution in [0, 0.1) is 0 Å². The minimum absolute atomic E-state index is 0.790. The molecule has 6 fully saturated rings. The van der Waals surface area contributed by atoms with Crippen LogP contribution in [-0.4, -0.2) is 328 Å². The van der Waals surface area contributed by atoms with Gasteiger partial charge in [0.25, 0.3) is 0 Å². The summed E-state index contributed by atoms with van der Waals surface area (Å²) >= 11 is 0. The van der Waals surface area contributed by atoms with E-state index < -0.39 is 220 Å². The fourth-order valence-electron chi connectivity index (χ4n) is 8.66. The number of aliphatic hydroxyl groups is 14. The number of hydrogen-bond acceptors (Lipinski definition) is 34. The molecule has 0 bridgehead atoms. The lowest BCUT2D eigenvalue weighted by Crippen LogP contribution is -2.69. The fourth-order valence-corrected chi connectivity index (χ4v) is 8.66. The molecule has 76 heavy (non-hydrogen) atoms. The summed E-state index contributed by atoms with van der Waals surface area (Å²) < 4.78 is 71.8. The molecule has 6 rings (SSSR count). The second-order valence-corrected chi connectivity index (χ2v) is 17.5. The molecule has 37 heteroatoms. The lowest BCUT2D eigenvalue weighted by Gasteiger charge is -2.48. The number of carbonyl (C=O) groups is 6. The predicted octanol–water partition coefficient (Wildman–Crippen LogP) is -13.3. The van der Waals surface area contributed by atoms with Crippen molar-refractivity contribution in [2.24, 2.45) is 0 Å². The van der Waals surface area contributed by atoms with E-state index in [-0.39, 0.29) is 0 Å². The first-order valence-corrected chi connectivity index (χ1v) is 22.3. The molecule has 0 aromatic rings. The topological polar surface area (TPSA) is 576 Å². The van der Waals surface area contributed by atoms with Crippen LogP contribution in [0.5, 0.6) is 0 Å². The smallest absolute Gasteiger partial charge is 0.337 e. The van der Waals surface area contributed by atoms with Gasteiger partial charge in [0.15, 0.2) is 74.4 Å². The van der Waals surface area contributed by atoms with E-state index in [4.69, 9.17) is 52.1 Å². The number of methoxy groups -OCH3 is 3. The van der Waals surface area contributed by atoms with Gasteiger partial charge >= 0.3 is 35.8 Å². The van der Waals surface area contributed by atoms with Gasteiger partial charge in [-0.05, 0) is 0 Å². The summed E-state index contributed by atoms with van der Waals surface area (Å²) in [4.78, 5) is 75.0. The summed E-state index contributed by atoms with van der Waals surface area (Å²) in [7, 11) is 2.51. The third-order valence-electron chi connectivity index (χ3n) is 12.8. The standard InChI is InChI=1S/C39H56O37/c1-63-32(60)22-5(41)4(40)12(48)35(72-22)71-21-10(46)16(52)39(76-27(21)34(62)65-3)69-19-8(44)14(50)37(74-25(19)30(57)58)67-17-7(43)13(49)36(73-23(17)28(53)54)68-18-9(45)15(51)38(75-24(18)29(55)56)70-20-6(42)11(47)31(59)66-26(20)33(61)64-2/h4-27,31,35-52,59H,1-3H3,(H,53,54)(H,55,56)(H,57,58)/t4-,5+,6+,7+,8+,9+,10+,11+,12+,13+,14+,15+,16+,17+,18+,19+,20+,21+,22-,23-,24-,25-,26-,27-,31?,35-,36-,37-,38-,39-/m0/s1. The Morgan fingerprint density at radius 1 is 0.276 bits per heavy atom. The van der Waals surface area contributed by atoms with E-state index in [0.29, 0.717) is 0 Å². The van der Waals surface area contributed by atoms with Crippen molar-refractivity contribution in [2.75, 3.05) is 21.3 Å². The Hall–Kier alpha value is -4.18. The van der Waals surface area contributed by atoms with E-state index in [1.807, 2.05) is 0 Å². The van der Waals surface area contributed by atoms with Crippen molar-refractivity contribution < 1.29 is 182 Å². The molecule has 434 valence electrons. The molecule has 30 atom stereocenters. The normalized spacial score (nSPS) is 48.0. The van der Waals surface area contributed by atoms with Crippen LogP contribution in [0.4, 0.5) is 0 Å². The van der Waals surface area contributed by atoms with E-state index in [1.54, 1.807) is 0 Å². The van der Waals surface area contributed by atoms with Crippen LogP contribution in [0.2, 0.25) is 0 Å². The summed E-state index contributed by atoms with van der Waals surface area (Å²) in [5.41, 5.74) is 0. The van der Waals surface area contributed by atoms with Crippen molar-refractivity contribution in [2.45, 2.75) is 184 Å². The predicted molar refractivity (Wildman–Crippen MR) is 216 cm³/mol. The van der Waals surface area contributed by atoms with E-state index in [1.165, 1.54) is 0 Å². The van der Waals surface area contributed by atoms with E-state index in [9.17, 15) is 116 Å². The molecule has 0 amide bonds. The van der Waals surface area contributed by atoms with Crippen molar-refractivity contribution in [3.63, 3.8) is 0 Å². The van der Waals surface area contributed by atoms with Gasteiger partial charge in [0.05, 0.1) is 21.3 Å². The highest BCUT2D eigenvalue weighted by molar-refractivity contribution is 5.77. The zero-order valence-corrected chi connectivity index (χ0v) is 39.1. The first-order chi connectivity index (χ1) is 35.6. The number of carbonyl (C=O) groups excluding carboxylic acids is 3. The fraction of sp³-hybridized carbons (Fsp3) is 0.846. The van der Waals surface area contributed by atoms with Gasteiger partial charge in [0.1, 0.15) is 110 Å². The number of aliphatic carboxylic acids is 3. The van der Waals surface area contributed by atoms with Gasteiger partial charge in [-0.15, -0.1) is 0 Å². The molecule has 1 unspecified atom stereocenters. The van der Waals surface area contributed by atoms with Crippen LogP contribution in [0.3, 0.4) is 0 Å². The molecule has 0 aromatic carbocycles. The van der Waals surface area contributed by atoms with Gasteiger partial charge in [0, 0.05) is 0 Å². The highest BCUT2D eigenvalue weighted by Crippen LogP contribution is 2.37. The molecule has 6 heterocycles. The van der Waals surface area contributed by atoms with Gasteiger partial charge in [0.2, 0.25) is 0 Å². The first-order valence-electron chi connectivity index (χ1n) is 22.3.